The highest BCUT2D eigenvalue weighted by atomic mass is 16.5. The molecule has 0 aromatic carbocycles. The molecule has 0 rings (SSSR count). The van der Waals surface area contributed by atoms with Gasteiger partial charge >= 0.3 is 6.09 Å². The van der Waals surface area contributed by atoms with Gasteiger partial charge in [-0.15, -0.1) is 0 Å². The average molecular weight is 258 g/mol. The first-order chi connectivity index (χ1) is 8.46. The van der Waals surface area contributed by atoms with Crippen LogP contribution in [0.5, 0.6) is 0 Å². The molecule has 0 aliphatic carbocycles. The largest absolute Gasteiger partial charge is 0.453 e. The number of carbonyl (C=O) groups is 2. The maximum absolute atomic E-state index is 12.0. The highest BCUT2D eigenvalue weighted by Crippen LogP contribution is 2.05. The molecule has 5 nitrogen and oxygen atoms in total. The number of nitrogens with one attached hydrogen (secondary N) is 1. The van der Waals surface area contributed by atoms with Gasteiger partial charge in [0.25, 0.3) is 0 Å². The average Bonchev–Trinajstić information content (AvgIpc) is 2.37. The fourth-order valence-electron chi connectivity index (χ4n) is 1.74. The molecule has 5 heteroatoms. The van der Waals surface area contributed by atoms with E-state index in [4.69, 9.17) is 0 Å². The van der Waals surface area contributed by atoms with Crippen molar-refractivity contribution >= 4 is 11.9 Å². The summed E-state index contributed by atoms with van der Waals surface area (Å²) in [5.41, 5.74) is 0. The third kappa shape index (κ3) is 6.00. The first-order valence-electron chi connectivity index (χ1n) is 6.56. The van der Waals surface area contributed by atoms with Crippen LogP contribution in [0.3, 0.4) is 0 Å². The summed E-state index contributed by atoms with van der Waals surface area (Å²) in [7, 11) is 1.30. The Morgan fingerprint density at radius 1 is 1.22 bits per heavy atom. The van der Waals surface area contributed by atoms with Gasteiger partial charge in [0.05, 0.1) is 13.2 Å². The van der Waals surface area contributed by atoms with Crippen molar-refractivity contribution in [2.24, 2.45) is 5.92 Å². The van der Waals surface area contributed by atoms with Crippen LogP contribution in [0.2, 0.25) is 0 Å². The Morgan fingerprint density at radius 3 is 2.17 bits per heavy atom. The molecule has 0 aliphatic heterocycles. The first kappa shape index (κ1) is 16.9. The third-order valence-corrected chi connectivity index (χ3v) is 3.02. The minimum atomic E-state index is -0.548. The van der Waals surface area contributed by atoms with E-state index >= 15 is 0 Å². The zero-order valence-electron chi connectivity index (χ0n) is 12.2. The van der Waals surface area contributed by atoms with Crippen LogP contribution < -0.4 is 5.32 Å². The first-order valence-corrected chi connectivity index (χ1v) is 6.56. The molecule has 1 amide bonds. The van der Waals surface area contributed by atoms with Gasteiger partial charge in [-0.05, 0) is 19.5 Å². The quantitative estimate of drug-likeness (QED) is 0.719. The van der Waals surface area contributed by atoms with E-state index in [1.165, 1.54) is 7.11 Å². The number of rotatable bonds is 8. The molecule has 0 saturated carbocycles. The summed E-state index contributed by atoms with van der Waals surface area (Å²) in [4.78, 5) is 25.5. The summed E-state index contributed by atoms with van der Waals surface area (Å²) in [6.45, 7) is 10.5. The number of ketones is 1. The zero-order chi connectivity index (χ0) is 14.1. The van der Waals surface area contributed by atoms with E-state index in [0.29, 0.717) is 6.42 Å². The van der Waals surface area contributed by atoms with Crippen LogP contribution in [0.1, 0.15) is 34.1 Å². The second-order valence-corrected chi connectivity index (χ2v) is 4.56. The Labute approximate surface area is 110 Å². The van der Waals surface area contributed by atoms with E-state index < -0.39 is 12.1 Å². The van der Waals surface area contributed by atoms with Crippen LogP contribution in [-0.4, -0.2) is 49.6 Å². The summed E-state index contributed by atoms with van der Waals surface area (Å²) in [5.74, 6) is -0.0450. The van der Waals surface area contributed by atoms with Crippen molar-refractivity contribution in [3.63, 3.8) is 0 Å². The lowest BCUT2D eigenvalue weighted by Gasteiger charge is -2.23. The molecular formula is C13H26N2O3. The summed E-state index contributed by atoms with van der Waals surface area (Å²) >= 11 is 0. The van der Waals surface area contributed by atoms with E-state index in [2.05, 4.69) is 28.8 Å². The number of Topliss-reactive ketones (excluding diaryl/α,β-unsaturated/α-hetero) is 1. The number of alkyl carbamates (subject to hydrolysis) is 1. The monoisotopic (exact) mass is 258 g/mol. The second-order valence-electron chi connectivity index (χ2n) is 4.56. The van der Waals surface area contributed by atoms with Gasteiger partial charge in [0, 0.05) is 12.5 Å². The van der Waals surface area contributed by atoms with Gasteiger partial charge in [-0.1, -0.05) is 27.7 Å². The lowest BCUT2D eigenvalue weighted by atomic mass is 9.99. The van der Waals surface area contributed by atoms with Gasteiger partial charge < -0.3 is 15.0 Å². The number of nitrogens with zero attached hydrogens (tertiary/aromatic N) is 1. The van der Waals surface area contributed by atoms with Crippen molar-refractivity contribution in [1.82, 2.24) is 10.2 Å². The van der Waals surface area contributed by atoms with Crippen molar-refractivity contribution < 1.29 is 14.3 Å². The Kier molecular flexibility index (Phi) is 8.37. The fourth-order valence-corrected chi connectivity index (χ4v) is 1.74. The summed E-state index contributed by atoms with van der Waals surface area (Å²) in [5, 5.41) is 2.61. The van der Waals surface area contributed by atoms with Crippen LogP contribution in [0.25, 0.3) is 0 Å². The van der Waals surface area contributed by atoms with Crippen LogP contribution >= 0.6 is 0 Å². The van der Waals surface area contributed by atoms with Gasteiger partial charge in [-0.3, -0.25) is 4.79 Å². The van der Waals surface area contributed by atoms with Crippen molar-refractivity contribution in [3.8, 4) is 0 Å². The SMILES string of the molecule is CCN(CC)CC[C@@H](NC(=O)OC)C(=O)C(C)C. The van der Waals surface area contributed by atoms with Crippen LogP contribution in [0.4, 0.5) is 4.79 Å². The predicted octanol–water partition coefficient (Wildman–Crippen LogP) is 1.67. The van der Waals surface area contributed by atoms with Crippen molar-refractivity contribution in [2.75, 3.05) is 26.7 Å². The number of hydrogen-bond donors (Lipinski definition) is 1. The third-order valence-electron chi connectivity index (χ3n) is 3.02. The van der Waals surface area contributed by atoms with Gasteiger partial charge in [0.2, 0.25) is 0 Å². The topological polar surface area (TPSA) is 58.6 Å². The van der Waals surface area contributed by atoms with Crippen molar-refractivity contribution in [2.45, 2.75) is 40.2 Å². The maximum Gasteiger partial charge on any atom is 0.407 e. The Bertz CT molecular complexity index is 263. The molecule has 0 aliphatic rings. The minimum absolute atomic E-state index is 0.0487. The van der Waals surface area contributed by atoms with Gasteiger partial charge in [-0.2, -0.15) is 0 Å². The Balaban J connectivity index is 4.47. The van der Waals surface area contributed by atoms with E-state index in [1.807, 2.05) is 13.8 Å². The molecule has 0 heterocycles. The molecule has 0 spiro atoms. The molecule has 18 heavy (non-hydrogen) atoms. The number of ether oxygens (including phenoxy) is 1. The Morgan fingerprint density at radius 2 is 1.78 bits per heavy atom. The van der Waals surface area contributed by atoms with E-state index in [-0.39, 0.29) is 11.7 Å². The van der Waals surface area contributed by atoms with Crippen LogP contribution in [-0.2, 0) is 9.53 Å². The number of methoxy groups -OCH3 is 1. The van der Waals surface area contributed by atoms with E-state index in [1.54, 1.807) is 0 Å². The number of hydrogen-bond acceptors (Lipinski definition) is 4. The minimum Gasteiger partial charge on any atom is -0.453 e. The molecule has 0 fully saturated rings. The van der Waals surface area contributed by atoms with Gasteiger partial charge in [0.15, 0.2) is 5.78 Å². The van der Waals surface area contributed by atoms with E-state index in [9.17, 15) is 9.59 Å². The molecule has 1 N–H and O–H groups in total. The van der Waals surface area contributed by atoms with Crippen molar-refractivity contribution in [3.05, 3.63) is 0 Å². The predicted molar refractivity (Wildman–Crippen MR) is 71.6 cm³/mol. The summed E-state index contributed by atoms with van der Waals surface area (Å²) < 4.78 is 4.55. The van der Waals surface area contributed by atoms with Crippen LogP contribution in [0, 0.1) is 5.92 Å². The number of carbonyl (C=O) groups excluding carboxylic acids is 2. The lowest BCUT2D eigenvalue weighted by molar-refractivity contribution is -0.124. The van der Waals surface area contributed by atoms with Crippen LogP contribution in [0.15, 0.2) is 0 Å². The second kappa shape index (κ2) is 8.91. The highest BCUT2D eigenvalue weighted by molar-refractivity contribution is 5.88. The van der Waals surface area contributed by atoms with Gasteiger partial charge in [-0.25, -0.2) is 4.79 Å². The molecule has 1 atom stereocenters. The molecule has 0 aromatic heterocycles. The maximum atomic E-state index is 12.0. The molecule has 106 valence electrons. The summed E-state index contributed by atoms with van der Waals surface area (Å²) in [6, 6.07) is -0.460. The molecule has 0 radical (unpaired) electrons. The standard InChI is InChI=1S/C13H26N2O3/c1-6-15(7-2)9-8-11(12(16)10(3)4)14-13(17)18-5/h10-11H,6-9H2,1-5H3,(H,14,17)/t11-/m1/s1. The lowest BCUT2D eigenvalue weighted by Crippen LogP contribution is -2.44. The molecule has 0 aromatic rings. The highest BCUT2D eigenvalue weighted by Gasteiger charge is 2.23. The zero-order valence-corrected chi connectivity index (χ0v) is 12.2. The Hall–Kier alpha value is -1.10. The normalized spacial score (nSPS) is 12.6. The fraction of sp³-hybridized carbons (Fsp3) is 0.846. The molecule has 0 unspecified atom stereocenters. The number of amides is 1. The molecule has 0 saturated heterocycles. The van der Waals surface area contributed by atoms with Crippen molar-refractivity contribution in [1.29, 1.82) is 0 Å². The molecule has 0 bridgehead atoms. The smallest absolute Gasteiger partial charge is 0.407 e. The molecular weight excluding hydrogens is 232 g/mol. The van der Waals surface area contributed by atoms with Gasteiger partial charge in [0.1, 0.15) is 0 Å². The summed E-state index contributed by atoms with van der Waals surface area (Å²) in [6.07, 6.45) is 0.0712. The van der Waals surface area contributed by atoms with E-state index in [0.717, 1.165) is 19.6 Å².